The Hall–Kier alpha value is -1.02. The van der Waals surface area contributed by atoms with Gasteiger partial charge in [-0.05, 0) is 66.2 Å². The monoisotopic (exact) mass is 418 g/mol. The number of hydrogen-bond acceptors (Lipinski definition) is 7. The van der Waals surface area contributed by atoms with Crippen LogP contribution in [0.25, 0.3) is 0 Å². The van der Waals surface area contributed by atoms with Gasteiger partial charge in [0.15, 0.2) is 0 Å². The molecular formula is C22H42O7. The van der Waals surface area contributed by atoms with Gasteiger partial charge in [-0.2, -0.15) is 9.78 Å². The van der Waals surface area contributed by atoms with Crippen LogP contribution in [-0.2, 0) is 33.9 Å². The van der Waals surface area contributed by atoms with Crippen LogP contribution in [0.4, 0.5) is 0 Å². The highest BCUT2D eigenvalue weighted by Gasteiger charge is 2.48. The van der Waals surface area contributed by atoms with Crippen LogP contribution in [0.1, 0.15) is 94.9 Å². The highest BCUT2D eigenvalue weighted by atomic mass is 17.3. The van der Waals surface area contributed by atoms with Crippen molar-refractivity contribution >= 4 is 11.8 Å². The molecule has 0 radical (unpaired) electrons. The smallest absolute Gasteiger partial charge is 0.313 e. The van der Waals surface area contributed by atoms with Crippen LogP contribution in [0.2, 0.25) is 0 Å². The Kier molecular flexibility index (Phi) is 10.5. The summed E-state index contributed by atoms with van der Waals surface area (Å²) >= 11 is 0. The molecule has 0 aromatic heterocycles. The number of methoxy groups -OCH3 is 1. The van der Waals surface area contributed by atoms with Gasteiger partial charge in [-0.15, -0.1) is 0 Å². The van der Waals surface area contributed by atoms with E-state index in [1.807, 2.05) is 41.5 Å². The lowest BCUT2D eigenvalue weighted by Gasteiger charge is -2.46. The third kappa shape index (κ3) is 13.8. The number of Topliss-reactive ketones (excluding diaryl/α,β-unsaturated/α-hetero) is 1. The summed E-state index contributed by atoms with van der Waals surface area (Å²) in [6.07, 6.45) is 2.54. The van der Waals surface area contributed by atoms with E-state index in [1.165, 1.54) is 14.0 Å². The molecule has 0 aromatic carbocycles. The SMILES string of the molecule is CC1CC(C)(C)CC(OOC(C)(C)C)(OOC(C)(C)C)C1.COC(=O)CC(C)=O. The highest BCUT2D eigenvalue weighted by Crippen LogP contribution is 2.47. The fraction of sp³-hybridized carbons (Fsp3) is 0.909. The van der Waals surface area contributed by atoms with Crippen molar-refractivity contribution in [2.24, 2.45) is 11.3 Å². The van der Waals surface area contributed by atoms with Crippen LogP contribution in [0.3, 0.4) is 0 Å². The quantitative estimate of drug-likeness (QED) is 0.194. The summed E-state index contributed by atoms with van der Waals surface area (Å²) < 4.78 is 4.20. The summed E-state index contributed by atoms with van der Waals surface area (Å²) in [6.45, 7) is 19.8. The van der Waals surface area contributed by atoms with E-state index in [-0.39, 0.29) is 28.8 Å². The fourth-order valence-electron chi connectivity index (χ4n) is 3.24. The first-order valence-corrected chi connectivity index (χ1v) is 10.2. The van der Waals surface area contributed by atoms with Crippen LogP contribution in [0, 0.1) is 11.3 Å². The van der Waals surface area contributed by atoms with Gasteiger partial charge in [0.2, 0.25) is 5.79 Å². The Balaban J connectivity index is 0.000000828. The maximum atomic E-state index is 10.2. The highest BCUT2D eigenvalue weighted by molar-refractivity contribution is 5.93. The molecule has 0 spiro atoms. The second kappa shape index (κ2) is 10.8. The molecule has 0 aromatic rings. The van der Waals surface area contributed by atoms with Crippen LogP contribution >= 0.6 is 0 Å². The molecule has 1 aliphatic carbocycles. The van der Waals surface area contributed by atoms with Crippen LogP contribution < -0.4 is 0 Å². The van der Waals surface area contributed by atoms with Crippen LogP contribution in [-0.4, -0.2) is 35.9 Å². The molecule has 0 aliphatic heterocycles. The summed E-state index contributed by atoms with van der Waals surface area (Å²) in [5, 5.41) is 0. The predicted molar refractivity (Wildman–Crippen MR) is 111 cm³/mol. The molecule has 1 atom stereocenters. The summed E-state index contributed by atoms with van der Waals surface area (Å²) in [7, 11) is 1.26. The van der Waals surface area contributed by atoms with E-state index in [9.17, 15) is 9.59 Å². The first-order chi connectivity index (χ1) is 12.9. The zero-order chi connectivity index (χ0) is 23.1. The number of carbonyl (C=O) groups is 2. The number of hydrogen-bond donors (Lipinski definition) is 0. The second-order valence-corrected chi connectivity index (χ2v) is 10.8. The van der Waals surface area contributed by atoms with Gasteiger partial charge in [-0.25, -0.2) is 9.78 Å². The van der Waals surface area contributed by atoms with Crippen LogP contribution in [0.5, 0.6) is 0 Å². The standard InChI is InChI=1S/C17H34O4.C5H8O3/c1-13-10-16(8,9)12-17(11-13,20-18-14(2,3)4)21-19-15(5,6)7;1-4(6)3-5(7)8-2/h13H,10-12H2,1-9H3;3H2,1-2H3. The first-order valence-electron chi connectivity index (χ1n) is 10.2. The molecule has 0 heterocycles. The van der Waals surface area contributed by atoms with Crippen molar-refractivity contribution < 1.29 is 33.9 Å². The minimum atomic E-state index is -0.846. The average Bonchev–Trinajstić information content (AvgIpc) is 2.48. The van der Waals surface area contributed by atoms with E-state index in [0.29, 0.717) is 5.92 Å². The van der Waals surface area contributed by atoms with Crippen molar-refractivity contribution in [3.8, 4) is 0 Å². The number of esters is 1. The van der Waals surface area contributed by atoms with E-state index in [0.717, 1.165) is 19.3 Å². The van der Waals surface area contributed by atoms with Gasteiger partial charge in [0, 0.05) is 12.8 Å². The molecular weight excluding hydrogens is 376 g/mol. The third-order valence-electron chi connectivity index (χ3n) is 3.82. The molecule has 1 aliphatic rings. The average molecular weight is 419 g/mol. The van der Waals surface area contributed by atoms with Crippen molar-refractivity contribution in [1.82, 2.24) is 0 Å². The zero-order valence-corrected chi connectivity index (χ0v) is 20.3. The van der Waals surface area contributed by atoms with E-state index >= 15 is 0 Å². The maximum Gasteiger partial charge on any atom is 0.313 e. The van der Waals surface area contributed by atoms with Gasteiger partial charge in [-0.1, -0.05) is 20.8 Å². The molecule has 0 bridgehead atoms. The van der Waals surface area contributed by atoms with Crippen molar-refractivity contribution in [1.29, 1.82) is 0 Å². The normalized spacial score (nSPS) is 21.0. The number of carbonyl (C=O) groups excluding carboxylic acids is 2. The topological polar surface area (TPSA) is 80.3 Å². The fourth-order valence-corrected chi connectivity index (χ4v) is 3.24. The molecule has 1 rings (SSSR count). The Morgan fingerprint density at radius 3 is 1.66 bits per heavy atom. The lowest BCUT2D eigenvalue weighted by molar-refractivity contribution is -0.551. The lowest BCUT2D eigenvalue weighted by Crippen LogP contribution is -2.48. The summed E-state index contributed by atoms with van der Waals surface area (Å²) in [6, 6.07) is 0. The van der Waals surface area contributed by atoms with E-state index in [4.69, 9.17) is 19.6 Å². The largest absolute Gasteiger partial charge is 0.469 e. The first kappa shape index (κ1) is 28.0. The molecule has 172 valence electrons. The summed E-state index contributed by atoms with van der Waals surface area (Å²) in [5.74, 6) is -1.00. The van der Waals surface area contributed by atoms with Crippen molar-refractivity contribution in [2.45, 2.75) is 112 Å². The molecule has 1 fully saturated rings. The molecule has 7 nitrogen and oxygen atoms in total. The van der Waals surface area contributed by atoms with Gasteiger partial charge in [0.05, 0.1) is 18.3 Å². The van der Waals surface area contributed by atoms with E-state index in [1.54, 1.807) is 0 Å². The Morgan fingerprint density at radius 1 is 0.931 bits per heavy atom. The molecule has 1 unspecified atom stereocenters. The molecule has 29 heavy (non-hydrogen) atoms. The third-order valence-corrected chi connectivity index (χ3v) is 3.82. The zero-order valence-electron chi connectivity index (χ0n) is 20.3. The Bertz CT molecular complexity index is 508. The molecule has 7 heteroatoms. The molecule has 1 saturated carbocycles. The van der Waals surface area contributed by atoms with Gasteiger partial charge in [-0.3, -0.25) is 9.59 Å². The summed E-state index contributed by atoms with van der Waals surface area (Å²) in [4.78, 5) is 43.0. The van der Waals surface area contributed by atoms with Gasteiger partial charge >= 0.3 is 5.97 Å². The van der Waals surface area contributed by atoms with E-state index < -0.39 is 11.8 Å². The number of rotatable bonds is 6. The maximum absolute atomic E-state index is 10.2. The van der Waals surface area contributed by atoms with Gasteiger partial charge in [0.1, 0.15) is 12.2 Å². The lowest BCUT2D eigenvalue weighted by atomic mass is 9.70. The van der Waals surface area contributed by atoms with Crippen molar-refractivity contribution in [2.75, 3.05) is 7.11 Å². The predicted octanol–water partition coefficient (Wildman–Crippen LogP) is 5.16. The summed E-state index contributed by atoms with van der Waals surface area (Å²) in [5.41, 5.74) is -0.647. The molecule has 0 amide bonds. The van der Waals surface area contributed by atoms with Crippen molar-refractivity contribution in [3.63, 3.8) is 0 Å². The second-order valence-electron chi connectivity index (χ2n) is 10.8. The molecule has 0 saturated heterocycles. The number of ether oxygens (including phenoxy) is 1. The minimum Gasteiger partial charge on any atom is -0.469 e. The minimum absolute atomic E-state index is 0.115. The van der Waals surface area contributed by atoms with Crippen LogP contribution in [0.15, 0.2) is 0 Å². The van der Waals surface area contributed by atoms with Crippen molar-refractivity contribution in [3.05, 3.63) is 0 Å². The van der Waals surface area contributed by atoms with Gasteiger partial charge < -0.3 is 4.74 Å². The number of ketones is 1. The van der Waals surface area contributed by atoms with Gasteiger partial charge in [0.25, 0.3) is 0 Å². The van der Waals surface area contributed by atoms with E-state index in [2.05, 4.69) is 25.5 Å². The molecule has 0 N–H and O–H groups in total. The Morgan fingerprint density at radius 2 is 1.38 bits per heavy atom. The Labute approximate surface area is 176 Å².